The third kappa shape index (κ3) is 4.23. The number of nitrogens with zero attached hydrogens (tertiary/aromatic N) is 1. The molecule has 0 saturated carbocycles. The van der Waals surface area contributed by atoms with Gasteiger partial charge in [-0.25, -0.2) is 0 Å². The van der Waals surface area contributed by atoms with Crippen molar-refractivity contribution in [3.05, 3.63) is 0 Å². The highest BCUT2D eigenvalue weighted by Gasteiger charge is 2.40. The number of β-amino-alcohol motifs (C(OH)–C–C–N with tert-alkyl or cyclic N) is 1. The average Bonchev–Trinajstić information content (AvgIpc) is 2.12. The SMILES string of the molecule is CCC(O)(CC)CN1CC(C)(C)OC(C)(C)C1. The van der Waals surface area contributed by atoms with E-state index in [0.717, 1.165) is 32.5 Å². The third-order valence-electron chi connectivity index (χ3n) is 3.60. The van der Waals surface area contributed by atoms with E-state index in [9.17, 15) is 5.11 Å². The van der Waals surface area contributed by atoms with E-state index in [-0.39, 0.29) is 11.2 Å². The molecule has 102 valence electrons. The monoisotopic (exact) mass is 243 g/mol. The summed E-state index contributed by atoms with van der Waals surface area (Å²) < 4.78 is 6.05. The van der Waals surface area contributed by atoms with Gasteiger partial charge in [-0.1, -0.05) is 13.8 Å². The molecule has 0 atom stereocenters. The summed E-state index contributed by atoms with van der Waals surface area (Å²) >= 11 is 0. The van der Waals surface area contributed by atoms with Gasteiger partial charge < -0.3 is 9.84 Å². The van der Waals surface area contributed by atoms with Crippen molar-refractivity contribution in [1.82, 2.24) is 4.90 Å². The molecule has 0 aromatic heterocycles. The van der Waals surface area contributed by atoms with Crippen LogP contribution in [0.1, 0.15) is 54.4 Å². The van der Waals surface area contributed by atoms with Gasteiger partial charge in [0.1, 0.15) is 0 Å². The van der Waals surface area contributed by atoms with Gasteiger partial charge in [0.05, 0.1) is 16.8 Å². The van der Waals surface area contributed by atoms with Crippen LogP contribution in [0.15, 0.2) is 0 Å². The Hall–Kier alpha value is -0.120. The first-order valence-electron chi connectivity index (χ1n) is 6.76. The molecule has 1 N–H and O–H groups in total. The molecule has 1 saturated heterocycles. The van der Waals surface area contributed by atoms with E-state index in [1.165, 1.54) is 0 Å². The lowest BCUT2D eigenvalue weighted by atomic mass is 9.93. The van der Waals surface area contributed by atoms with Gasteiger partial charge in [-0.3, -0.25) is 4.90 Å². The number of aliphatic hydroxyl groups is 1. The van der Waals surface area contributed by atoms with Crippen molar-refractivity contribution in [2.45, 2.75) is 71.2 Å². The summed E-state index contributed by atoms with van der Waals surface area (Å²) in [6.07, 6.45) is 1.61. The van der Waals surface area contributed by atoms with Crippen LogP contribution in [0.3, 0.4) is 0 Å². The predicted octanol–water partition coefficient (Wildman–Crippen LogP) is 2.43. The first-order valence-corrected chi connectivity index (χ1v) is 6.76. The molecule has 0 spiro atoms. The topological polar surface area (TPSA) is 32.7 Å². The van der Waals surface area contributed by atoms with Gasteiger partial charge in [0.15, 0.2) is 0 Å². The van der Waals surface area contributed by atoms with Crippen molar-refractivity contribution in [1.29, 1.82) is 0 Å². The van der Waals surface area contributed by atoms with Crippen LogP contribution in [0.25, 0.3) is 0 Å². The quantitative estimate of drug-likeness (QED) is 0.823. The maximum atomic E-state index is 10.4. The Kier molecular flexibility index (Phi) is 4.28. The smallest absolute Gasteiger partial charge is 0.0768 e. The molecule has 0 bridgehead atoms. The summed E-state index contributed by atoms with van der Waals surface area (Å²) in [6, 6.07) is 0. The minimum absolute atomic E-state index is 0.135. The summed E-state index contributed by atoms with van der Waals surface area (Å²) in [5.41, 5.74) is -0.822. The first-order chi connectivity index (χ1) is 7.61. The summed E-state index contributed by atoms with van der Waals surface area (Å²) in [5.74, 6) is 0. The van der Waals surface area contributed by atoms with Gasteiger partial charge in [-0.15, -0.1) is 0 Å². The standard InChI is InChI=1S/C14H29NO2/c1-7-14(16,8-2)11-15-9-12(3,4)17-13(5,6)10-15/h16H,7-11H2,1-6H3. The summed E-state index contributed by atoms with van der Waals surface area (Å²) in [4.78, 5) is 2.34. The molecule has 3 nitrogen and oxygen atoms in total. The molecule has 0 amide bonds. The van der Waals surface area contributed by atoms with E-state index in [1.54, 1.807) is 0 Å². The van der Waals surface area contributed by atoms with Gasteiger partial charge in [0.2, 0.25) is 0 Å². The van der Waals surface area contributed by atoms with Crippen molar-refractivity contribution >= 4 is 0 Å². The number of hydrogen-bond donors (Lipinski definition) is 1. The number of rotatable bonds is 4. The largest absolute Gasteiger partial charge is 0.389 e. The third-order valence-corrected chi connectivity index (χ3v) is 3.60. The van der Waals surface area contributed by atoms with E-state index < -0.39 is 5.60 Å². The van der Waals surface area contributed by atoms with Gasteiger partial charge in [-0.05, 0) is 40.5 Å². The van der Waals surface area contributed by atoms with Crippen LogP contribution in [0.5, 0.6) is 0 Å². The average molecular weight is 243 g/mol. The normalized spacial score (nSPS) is 24.9. The van der Waals surface area contributed by atoms with Crippen LogP contribution in [-0.4, -0.2) is 46.4 Å². The fourth-order valence-corrected chi connectivity index (χ4v) is 2.95. The van der Waals surface area contributed by atoms with E-state index in [2.05, 4.69) is 46.4 Å². The molecular formula is C14H29NO2. The highest BCUT2D eigenvalue weighted by Crippen LogP contribution is 2.29. The lowest BCUT2D eigenvalue weighted by Crippen LogP contribution is -2.59. The van der Waals surface area contributed by atoms with Crippen molar-refractivity contribution < 1.29 is 9.84 Å². The molecule has 1 rings (SSSR count). The fourth-order valence-electron chi connectivity index (χ4n) is 2.95. The molecule has 0 aliphatic carbocycles. The van der Waals surface area contributed by atoms with Crippen LogP contribution in [0, 0.1) is 0 Å². The minimum Gasteiger partial charge on any atom is -0.389 e. The fraction of sp³-hybridized carbons (Fsp3) is 1.00. The number of hydrogen-bond acceptors (Lipinski definition) is 3. The molecule has 0 aromatic carbocycles. The van der Waals surface area contributed by atoms with Gasteiger partial charge in [-0.2, -0.15) is 0 Å². The number of ether oxygens (including phenoxy) is 1. The van der Waals surface area contributed by atoms with E-state index in [0.29, 0.717) is 0 Å². The molecular weight excluding hydrogens is 214 g/mol. The molecule has 0 unspecified atom stereocenters. The Balaban J connectivity index is 2.71. The van der Waals surface area contributed by atoms with Crippen LogP contribution >= 0.6 is 0 Å². The zero-order valence-electron chi connectivity index (χ0n) is 12.3. The molecule has 1 aliphatic heterocycles. The molecule has 1 aliphatic rings. The van der Waals surface area contributed by atoms with Crippen LogP contribution in [0.2, 0.25) is 0 Å². The minimum atomic E-state index is -0.552. The Labute approximate surface area is 106 Å². The first kappa shape index (κ1) is 14.9. The highest BCUT2D eigenvalue weighted by molar-refractivity contribution is 4.92. The predicted molar refractivity (Wildman–Crippen MR) is 71.2 cm³/mol. The van der Waals surface area contributed by atoms with Crippen LogP contribution < -0.4 is 0 Å². The second kappa shape index (κ2) is 4.87. The van der Waals surface area contributed by atoms with Gasteiger partial charge in [0.25, 0.3) is 0 Å². The van der Waals surface area contributed by atoms with Crippen molar-refractivity contribution in [2.24, 2.45) is 0 Å². The lowest BCUT2D eigenvalue weighted by molar-refractivity contribution is -0.188. The molecule has 0 aromatic rings. The second-order valence-corrected chi connectivity index (χ2v) is 6.70. The summed E-state index contributed by atoms with van der Waals surface area (Å²) in [5, 5.41) is 10.4. The van der Waals surface area contributed by atoms with Crippen molar-refractivity contribution in [2.75, 3.05) is 19.6 Å². The lowest BCUT2D eigenvalue weighted by Gasteiger charge is -2.49. The summed E-state index contributed by atoms with van der Waals surface area (Å²) in [7, 11) is 0. The van der Waals surface area contributed by atoms with E-state index in [1.807, 2.05) is 0 Å². The van der Waals surface area contributed by atoms with Crippen LogP contribution in [0.4, 0.5) is 0 Å². The Morgan fingerprint density at radius 1 is 1.06 bits per heavy atom. The van der Waals surface area contributed by atoms with E-state index >= 15 is 0 Å². The zero-order chi connectivity index (χ0) is 13.3. The second-order valence-electron chi connectivity index (χ2n) is 6.70. The highest BCUT2D eigenvalue weighted by atomic mass is 16.5. The molecule has 3 heteroatoms. The Bertz CT molecular complexity index is 241. The Morgan fingerprint density at radius 2 is 1.47 bits per heavy atom. The van der Waals surface area contributed by atoms with Gasteiger partial charge in [0, 0.05) is 19.6 Å². The Morgan fingerprint density at radius 3 is 1.82 bits per heavy atom. The maximum Gasteiger partial charge on any atom is 0.0768 e. The van der Waals surface area contributed by atoms with E-state index in [4.69, 9.17) is 4.74 Å². The molecule has 1 heterocycles. The molecule has 0 radical (unpaired) electrons. The summed E-state index contributed by atoms with van der Waals surface area (Å²) in [6.45, 7) is 15.1. The van der Waals surface area contributed by atoms with Crippen molar-refractivity contribution in [3.8, 4) is 0 Å². The van der Waals surface area contributed by atoms with Crippen molar-refractivity contribution in [3.63, 3.8) is 0 Å². The van der Waals surface area contributed by atoms with Crippen LogP contribution in [-0.2, 0) is 4.74 Å². The van der Waals surface area contributed by atoms with Gasteiger partial charge >= 0.3 is 0 Å². The molecule has 1 fully saturated rings. The molecule has 17 heavy (non-hydrogen) atoms. The maximum absolute atomic E-state index is 10.4. The number of morpholine rings is 1. The zero-order valence-corrected chi connectivity index (χ0v) is 12.3.